The van der Waals surface area contributed by atoms with Gasteiger partial charge in [-0.1, -0.05) is 5.16 Å². The van der Waals surface area contributed by atoms with E-state index in [1.165, 1.54) is 4.31 Å². The van der Waals surface area contributed by atoms with Crippen LogP contribution in [-0.4, -0.2) is 65.6 Å². The molecule has 1 amide bonds. The third kappa shape index (κ3) is 4.10. The van der Waals surface area contributed by atoms with Gasteiger partial charge in [0.05, 0.1) is 12.3 Å². The van der Waals surface area contributed by atoms with Crippen molar-refractivity contribution < 1.29 is 22.2 Å². The molecule has 0 aliphatic carbocycles. The van der Waals surface area contributed by atoms with E-state index >= 15 is 0 Å². The largest absolute Gasteiger partial charge is 0.444 e. The second-order valence-electron chi connectivity index (χ2n) is 5.82. The summed E-state index contributed by atoms with van der Waals surface area (Å²) in [7, 11) is -3.42. The molecule has 3 rings (SSSR count). The average Bonchev–Trinajstić information content (AvgIpc) is 3.08. The van der Waals surface area contributed by atoms with Gasteiger partial charge in [0.1, 0.15) is 0 Å². The molecule has 3 heterocycles. The van der Waals surface area contributed by atoms with Gasteiger partial charge in [0.15, 0.2) is 16.3 Å². The van der Waals surface area contributed by atoms with Gasteiger partial charge in [0.25, 0.3) is 5.91 Å². The smallest absolute Gasteiger partial charge is 0.289 e. The van der Waals surface area contributed by atoms with Crippen molar-refractivity contribution in [1.82, 2.24) is 19.3 Å². The number of likely N-dealkylation sites (tertiary alicyclic amines) is 1. The molecule has 0 N–H and O–H groups in total. The Morgan fingerprint density at radius 1 is 1.44 bits per heavy atom. The number of amides is 1. The third-order valence-electron chi connectivity index (χ3n) is 3.89. The van der Waals surface area contributed by atoms with Gasteiger partial charge in [-0.2, -0.15) is 9.29 Å². The zero-order valence-corrected chi connectivity index (χ0v) is 16.1. The van der Waals surface area contributed by atoms with Gasteiger partial charge in [-0.05, 0) is 28.1 Å². The average molecular weight is 433 g/mol. The lowest BCUT2D eigenvalue weighted by Gasteiger charge is -2.43. The molecule has 0 aromatic carbocycles. The number of nitrogens with zero attached hydrogens (tertiary/aromatic N) is 4. The van der Waals surface area contributed by atoms with Gasteiger partial charge >= 0.3 is 0 Å². The van der Waals surface area contributed by atoms with Crippen LogP contribution in [0.3, 0.4) is 0 Å². The van der Waals surface area contributed by atoms with E-state index in [0.717, 1.165) is 6.26 Å². The van der Waals surface area contributed by atoms with Crippen molar-refractivity contribution in [1.29, 1.82) is 0 Å². The molecule has 1 fully saturated rings. The quantitative estimate of drug-likeness (QED) is 0.670. The van der Waals surface area contributed by atoms with E-state index in [1.54, 1.807) is 24.0 Å². The maximum absolute atomic E-state index is 12.3. The molecule has 0 saturated carbocycles. The van der Waals surface area contributed by atoms with E-state index < -0.39 is 10.0 Å². The zero-order valence-electron chi connectivity index (χ0n) is 13.7. The lowest BCUT2D eigenvalue weighted by molar-refractivity contribution is 0.0423. The van der Waals surface area contributed by atoms with Crippen LogP contribution in [0.4, 0.5) is 0 Å². The summed E-state index contributed by atoms with van der Waals surface area (Å²) in [5, 5.41) is 3.77. The van der Waals surface area contributed by atoms with E-state index in [2.05, 4.69) is 26.1 Å². The van der Waals surface area contributed by atoms with Crippen molar-refractivity contribution in [2.45, 2.75) is 19.4 Å². The maximum atomic E-state index is 12.3. The number of carbonyl (C=O) groups excluding carboxylic acids is 1. The topological polar surface area (TPSA) is 110 Å². The van der Waals surface area contributed by atoms with Crippen molar-refractivity contribution >= 4 is 31.9 Å². The van der Waals surface area contributed by atoms with Crippen molar-refractivity contribution in [3.05, 3.63) is 34.3 Å². The molecule has 1 saturated heterocycles. The van der Waals surface area contributed by atoms with Crippen LogP contribution < -0.4 is 0 Å². The molecule has 0 spiro atoms. The molecule has 0 atom stereocenters. The van der Waals surface area contributed by atoms with E-state index in [-0.39, 0.29) is 24.3 Å². The highest BCUT2D eigenvalue weighted by Gasteiger charge is 2.39. The molecule has 0 bridgehead atoms. The summed E-state index contributed by atoms with van der Waals surface area (Å²) in [6.07, 6.45) is 1.50. The Balaban J connectivity index is 1.61. The molecule has 11 heteroatoms. The third-order valence-corrected chi connectivity index (χ3v) is 5.65. The van der Waals surface area contributed by atoms with Gasteiger partial charge < -0.3 is 13.8 Å². The highest BCUT2D eigenvalue weighted by molar-refractivity contribution is 9.10. The van der Waals surface area contributed by atoms with Crippen LogP contribution >= 0.6 is 15.9 Å². The molecule has 25 heavy (non-hydrogen) atoms. The van der Waals surface area contributed by atoms with Gasteiger partial charge in [-0.25, -0.2) is 8.42 Å². The Hall–Kier alpha value is -1.72. The molecule has 1 aliphatic heterocycles. The molecule has 2 aromatic heterocycles. The second-order valence-corrected chi connectivity index (χ2v) is 8.54. The minimum absolute atomic E-state index is 0.221. The summed E-state index contributed by atoms with van der Waals surface area (Å²) >= 11 is 3.15. The fourth-order valence-electron chi connectivity index (χ4n) is 2.66. The molecule has 1 aliphatic rings. The summed E-state index contributed by atoms with van der Waals surface area (Å²) < 4.78 is 36.1. The van der Waals surface area contributed by atoms with Crippen molar-refractivity contribution in [2.75, 3.05) is 25.9 Å². The first-order chi connectivity index (χ1) is 11.7. The summed E-state index contributed by atoms with van der Waals surface area (Å²) in [4.78, 5) is 17.9. The van der Waals surface area contributed by atoms with Crippen LogP contribution in [0.15, 0.2) is 25.7 Å². The van der Waals surface area contributed by atoms with Crippen LogP contribution in [0, 0.1) is 6.92 Å². The lowest BCUT2D eigenvalue weighted by atomic mass is 10.1. The number of hydrogen-bond acceptors (Lipinski definition) is 7. The summed E-state index contributed by atoms with van der Waals surface area (Å²) in [5.74, 6) is 0.854. The predicted octanol–water partition coefficient (Wildman–Crippen LogP) is 1.06. The first-order valence-electron chi connectivity index (χ1n) is 7.54. The Labute approximate surface area is 153 Å². The number of furan rings is 1. The van der Waals surface area contributed by atoms with Gasteiger partial charge in [0.2, 0.25) is 15.9 Å². The molecular formula is C14H17BrN4O5S. The Morgan fingerprint density at radius 2 is 2.16 bits per heavy atom. The maximum Gasteiger partial charge on any atom is 0.289 e. The number of aromatic nitrogens is 2. The fourth-order valence-corrected chi connectivity index (χ4v) is 4.06. The normalized spacial score (nSPS) is 15.6. The first-order valence-corrected chi connectivity index (χ1v) is 10.2. The minimum Gasteiger partial charge on any atom is -0.444 e. The zero-order chi connectivity index (χ0) is 18.2. The molecule has 136 valence electrons. The number of sulfonamides is 1. The second kappa shape index (κ2) is 6.89. The molecule has 0 radical (unpaired) electrons. The molecule has 0 unspecified atom stereocenters. The Bertz CT molecular complexity index is 871. The number of rotatable bonds is 6. The van der Waals surface area contributed by atoms with E-state index in [9.17, 15) is 13.2 Å². The van der Waals surface area contributed by atoms with E-state index in [1.807, 2.05) is 0 Å². The van der Waals surface area contributed by atoms with Crippen LogP contribution in [0.2, 0.25) is 0 Å². The Morgan fingerprint density at radius 3 is 2.68 bits per heavy atom. The predicted molar refractivity (Wildman–Crippen MR) is 90.4 cm³/mol. The summed E-state index contributed by atoms with van der Waals surface area (Å²) in [6, 6.07) is 2.94. The van der Waals surface area contributed by atoms with Gasteiger partial charge in [-0.3, -0.25) is 4.79 Å². The first kappa shape index (κ1) is 18.1. The van der Waals surface area contributed by atoms with Crippen LogP contribution in [0.5, 0.6) is 0 Å². The van der Waals surface area contributed by atoms with Crippen molar-refractivity contribution in [3.63, 3.8) is 0 Å². The monoisotopic (exact) mass is 432 g/mol. The van der Waals surface area contributed by atoms with Crippen molar-refractivity contribution in [2.24, 2.45) is 0 Å². The van der Waals surface area contributed by atoms with Crippen LogP contribution in [-0.2, 0) is 16.4 Å². The minimum atomic E-state index is -3.42. The van der Waals surface area contributed by atoms with E-state index in [0.29, 0.717) is 35.9 Å². The number of hydrogen-bond donors (Lipinski definition) is 0. The summed E-state index contributed by atoms with van der Waals surface area (Å²) in [5.41, 5.74) is 0. The van der Waals surface area contributed by atoms with Crippen molar-refractivity contribution in [3.8, 4) is 0 Å². The van der Waals surface area contributed by atoms with E-state index in [4.69, 9.17) is 8.94 Å². The van der Waals surface area contributed by atoms with Crippen LogP contribution in [0.25, 0.3) is 0 Å². The summed E-state index contributed by atoms with van der Waals surface area (Å²) in [6.45, 7) is 2.54. The number of carbonyl (C=O) groups is 1. The number of aryl methyl sites for hydroxylation is 1. The highest BCUT2D eigenvalue weighted by atomic mass is 79.9. The van der Waals surface area contributed by atoms with Crippen LogP contribution in [0.1, 0.15) is 22.3 Å². The molecule has 2 aromatic rings. The van der Waals surface area contributed by atoms with Gasteiger partial charge in [0, 0.05) is 33.0 Å². The Kier molecular flexibility index (Phi) is 4.98. The van der Waals surface area contributed by atoms with Gasteiger partial charge in [-0.15, -0.1) is 0 Å². The highest BCUT2D eigenvalue weighted by Crippen LogP contribution is 2.22. The lowest BCUT2D eigenvalue weighted by Crippen LogP contribution is -2.62. The molecular weight excluding hydrogens is 416 g/mol. The standard InChI is InChI=1S/C14H17BrN4O5S/c1-9-16-13(17-24-9)5-6-19(25(2,21)22)10-7-18(8-10)14(20)11-3-4-12(15)23-11/h3-4,10H,5-8H2,1-2H3. The molecule has 9 nitrogen and oxygen atoms in total. The number of halogens is 1. The SMILES string of the molecule is Cc1nc(CCN(C2CN(C(=O)c3ccc(Br)o3)C2)S(C)(=O)=O)no1. The fraction of sp³-hybridized carbons (Fsp3) is 0.500.